The first kappa shape index (κ1) is 18.1. The van der Waals surface area contributed by atoms with E-state index in [0.717, 1.165) is 38.5 Å². The van der Waals surface area contributed by atoms with Crippen molar-refractivity contribution < 1.29 is 19.3 Å². The van der Waals surface area contributed by atoms with Crippen molar-refractivity contribution in [1.29, 1.82) is 0 Å². The van der Waals surface area contributed by atoms with Gasteiger partial charge < -0.3 is 4.74 Å². The zero-order chi connectivity index (χ0) is 14.7. The Hall–Kier alpha value is -0.870. The molecule has 0 fully saturated rings. The SMILES string of the molecule is C=CC(=O)OC(CCC)(CCC)C(CCC)OOC. The molecule has 0 saturated carbocycles. The molecule has 0 aromatic carbocycles. The Morgan fingerprint density at radius 1 is 1.21 bits per heavy atom. The minimum absolute atomic E-state index is 0.244. The second-order valence-electron chi connectivity index (χ2n) is 4.73. The third-order valence-corrected chi connectivity index (χ3v) is 3.17. The lowest BCUT2D eigenvalue weighted by Crippen LogP contribution is -2.47. The number of carbonyl (C=O) groups is 1. The maximum Gasteiger partial charge on any atom is 0.330 e. The fraction of sp³-hybridized carbons (Fsp3) is 0.800. The lowest BCUT2D eigenvalue weighted by Gasteiger charge is -2.38. The summed E-state index contributed by atoms with van der Waals surface area (Å²) in [6, 6.07) is 0. The van der Waals surface area contributed by atoms with Gasteiger partial charge in [-0.25, -0.2) is 14.6 Å². The molecule has 112 valence electrons. The predicted octanol–water partition coefficient (Wildman–Crippen LogP) is 3.80. The van der Waals surface area contributed by atoms with Crippen LogP contribution in [0.5, 0.6) is 0 Å². The molecule has 0 heterocycles. The Balaban J connectivity index is 5.22. The molecule has 0 rings (SSSR count). The van der Waals surface area contributed by atoms with Gasteiger partial charge in [-0.1, -0.05) is 46.6 Å². The minimum atomic E-state index is -0.624. The summed E-state index contributed by atoms with van der Waals surface area (Å²) >= 11 is 0. The van der Waals surface area contributed by atoms with Crippen molar-refractivity contribution in [2.45, 2.75) is 71.0 Å². The van der Waals surface area contributed by atoms with E-state index in [4.69, 9.17) is 14.5 Å². The first-order chi connectivity index (χ1) is 9.10. The Morgan fingerprint density at radius 3 is 2.16 bits per heavy atom. The van der Waals surface area contributed by atoms with Crippen LogP contribution in [0.1, 0.15) is 59.3 Å². The smallest absolute Gasteiger partial charge is 0.330 e. The quantitative estimate of drug-likeness (QED) is 0.248. The fourth-order valence-electron chi connectivity index (χ4n) is 2.48. The number of rotatable bonds is 11. The summed E-state index contributed by atoms with van der Waals surface area (Å²) in [6.07, 6.45) is 6.03. The van der Waals surface area contributed by atoms with Gasteiger partial charge in [-0.15, -0.1) is 0 Å². The van der Waals surface area contributed by atoms with Gasteiger partial charge in [0.2, 0.25) is 0 Å². The number of hydrogen-bond acceptors (Lipinski definition) is 4. The molecule has 0 saturated heterocycles. The summed E-state index contributed by atoms with van der Waals surface area (Å²) in [5.41, 5.74) is -0.624. The first-order valence-corrected chi connectivity index (χ1v) is 7.15. The number of carbonyl (C=O) groups excluding carboxylic acids is 1. The molecule has 0 bridgehead atoms. The van der Waals surface area contributed by atoms with Crippen LogP contribution in [0.25, 0.3) is 0 Å². The second-order valence-corrected chi connectivity index (χ2v) is 4.73. The van der Waals surface area contributed by atoms with Crippen LogP contribution in [-0.4, -0.2) is 24.8 Å². The summed E-state index contributed by atoms with van der Waals surface area (Å²) in [7, 11) is 1.49. The maximum atomic E-state index is 11.7. The van der Waals surface area contributed by atoms with Crippen LogP contribution in [0.3, 0.4) is 0 Å². The van der Waals surface area contributed by atoms with Gasteiger partial charge in [0.1, 0.15) is 11.7 Å². The zero-order valence-electron chi connectivity index (χ0n) is 12.7. The molecule has 1 unspecified atom stereocenters. The number of hydrogen-bond donors (Lipinski definition) is 0. The lowest BCUT2D eigenvalue weighted by molar-refractivity contribution is -0.339. The van der Waals surface area contributed by atoms with E-state index in [-0.39, 0.29) is 6.10 Å². The number of esters is 1. The van der Waals surface area contributed by atoms with E-state index in [0.29, 0.717) is 0 Å². The van der Waals surface area contributed by atoms with E-state index < -0.39 is 11.6 Å². The Morgan fingerprint density at radius 2 is 1.79 bits per heavy atom. The molecule has 4 heteroatoms. The Labute approximate surface area is 117 Å². The topological polar surface area (TPSA) is 44.8 Å². The largest absolute Gasteiger partial charge is 0.453 e. The van der Waals surface area contributed by atoms with Crippen LogP contribution < -0.4 is 0 Å². The van der Waals surface area contributed by atoms with Gasteiger partial charge in [0.15, 0.2) is 0 Å². The first-order valence-electron chi connectivity index (χ1n) is 7.15. The van der Waals surface area contributed by atoms with Gasteiger partial charge in [0, 0.05) is 6.08 Å². The highest BCUT2D eigenvalue weighted by Gasteiger charge is 2.42. The molecule has 4 nitrogen and oxygen atoms in total. The monoisotopic (exact) mass is 272 g/mol. The van der Waals surface area contributed by atoms with Crippen molar-refractivity contribution in [3.8, 4) is 0 Å². The van der Waals surface area contributed by atoms with E-state index in [1.54, 1.807) is 0 Å². The molecule has 0 aromatic heterocycles. The molecule has 0 aliphatic heterocycles. The Kier molecular flexibility index (Phi) is 9.53. The third-order valence-electron chi connectivity index (χ3n) is 3.17. The van der Waals surface area contributed by atoms with Crippen LogP contribution in [0.2, 0.25) is 0 Å². The minimum Gasteiger partial charge on any atom is -0.453 e. The van der Waals surface area contributed by atoms with Crippen LogP contribution >= 0.6 is 0 Å². The molecule has 0 radical (unpaired) electrons. The van der Waals surface area contributed by atoms with Gasteiger partial charge >= 0.3 is 5.97 Å². The molecule has 19 heavy (non-hydrogen) atoms. The third kappa shape index (κ3) is 5.74. The second kappa shape index (κ2) is 9.98. The van der Waals surface area contributed by atoms with Crippen LogP contribution in [0.4, 0.5) is 0 Å². The van der Waals surface area contributed by atoms with Gasteiger partial charge in [-0.05, 0) is 19.3 Å². The van der Waals surface area contributed by atoms with Crippen LogP contribution in [0, 0.1) is 0 Å². The molecule has 0 aliphatic carbocycles. The summed E-state index contributed by atoms with van der Waals surface area (Å²) in [5.74, 6) is -0.400. The molecular weight excluding hydrogens is 244 g/mol. The summed E-state index contributed by atoms with van der Waals surface area (Å²) < 4.78 is 5.67. The standard InChI is InChI=1S/C15H28O4/c1-6-10-13(19-17-5)15(11-7-2,12-8-3)18-14(16)9-4/h9,13H,4,6-8,10-12H2,1-3,5H3. The van der Waals surface area contributed by atoms with Gasteiger partial charge in [-0.2, -0.15) is 0 Å². The normalized spacial score (nSPS) is 13.1. The van der Waals surface area contributed by atoms with Crippen LogP contribution in [-0.2, 0) is 19.3 Å². The molecule has 1 atom stereocenters. The van der Waals surface area contributed by atoms with E-state index >= 15 is 0 Å². The van der Waals surface area contributed by atoms with E-state index in [2.05, 4.69) is 27.4 Å². The highest BCUT2D eigenvalue weighted by atomic mass is 17.2. The van der Waals surface area contributed by atoms with Crippen molar-refractivity contribution in [1.82, 2.24) is 0 Å². The average molecular weight is 272 g/mol. The summed E-state index contributed by atoms with van der Waals surface area (Å²) in [5, 5.41) is 0. The van der Waals surface area contributed by atoms with E-state index in [9.17, 15) is 4.79 Å². The van der Waals surface area contributed by atoms with Crippen molar-refractivity contribution in [2.24, 2.45) is 0 Å². The summed E-state index contributed by atoms with van der Waals surface area (Å²) in [6.45, 7) is 9.69. The lowest BCUT2D eigenvalue weighted by atomic mass is 9.84. The molecule has 0 aromatic rings. The van der Waals surface area contributed by atoms with Gasteiger partial charge in [0.25, 0.3) is 0 Å². The molecule has 0 spiro atoms. The summed E-state index contributed by atoms with van der Waals surface area (Å²) in [4.78, 5) is 21.9. The highest BCUT2D eigenvalue weighted by Crippen LogP contribution is 2.33. The predicted molar refractivity (Wildman–Crippen MR) is 75.6 cm³/mol. The zero-order valence-corrected chi connectivity index (χ0v) is 12.7. The van der Waals surface area contributed by atoms with Gasteiger partial charge in [-0.3, -0.25) is 0 Å². The molecule has 0 aliphatic rings. The van der Waals surface area contributed by atoms with E-state index in [1.165, 1.54) is 13.2 Å². The highest BCUT2D eigenvalue weighted by molar-refractivity contribution is 5.81. The molecular formula is C15H28O4. The molecule has 0 N–H and O–H groups in total. The fourth-order valence-corrected chi connectivity index (χ4v) is 2.48. The van der Waals surface area contributed by atoms with Crippen molar-refractivity contribution in [3.05, 3.63) is 12.7 Å². The van der Waals surface area contributed by atoms with E-state index in [1.807, 2.05) is 0 Å². The molecule has 0 amide bonds. The van der Waals surface area contributed by atoms with Crippen molar-refractivity contribution >= 4 is 5.97 Å². The van der Waals surface area contributed by atoms with Crippen LogP contribution in [0.15, 0.2) is 12.7 Å². The number of ether oxygens (including phenoxy) is 1. The van der Waals surface area contributed by atoms with Gasteiger partial charge in [0.05, 0.1) is 7.11 Å². The Bertz CT molecular complexity index is 251. The van der Waals surface area contributed by atoms with Crippen molar-refractivity contribution in [2.75, 3.05) is 7.11 Å². The van der Waals surface area contributed by atoms with Crippen molar-refractivity contribution in [3.63, 3.8) is 0 Å². The average Bonchev–Trinajstić information content (AvgIpc) is 2.38. The maximum absolute atomic E-state index is 11.7.